The smallest absolute Gasteiger partial charge is 0.416 e. The molecule has 44 heavy (non-hydrogen) atoms. The van der Waals surface area contributed by atoms with E-state index in [1.807, 2.05) is 0 Å². The number of hydrogen-bond acceptors (Lipinski definition) is 6. The van der Waals surface area contributed by atoms with E-state index in [2.05, 4.69) is 0 Å². The Hall–Kier alpha value is -3.76. The van der Waals surface area contributed by atoms with Crippen LogP contribution in [0.15, 0.2) is 36.4 Å². The number of ether oxygens (including phenoxy) is 3. The molecule has 0 unspecified atom stereocenters. The van der Waals surface area contributed by atoms with Crippen LogP contribution < -0.4 is 9.64 Å². The molecule has 0 aromatic heterocycles. The summed E-state index contributed by atoms with van der Waals surface area (Å²) in [6.07, 6.45) is -0.163. The van der Waals surface area contributed by atoms with Gasteiger partial charge >= 0.3 is 18.2 Å². The highest BCUT2D eigenvalue weighted by Gasteiger charge is 2.38. The van der Waals surface area contributed by atoms with Gasteiger partial charge in [0, 0.05) is 24.8 Å². The minimum atomic E-state index is -4.50. The number of amides is 2. The standard InChI is InChI=1S/C33H41F3N2O6/c1-32(2,3)44-31(41)37(4)28(19-29(39)42-5)30(40)38-16-15-23-17-25(13-14-27(23)38)43-20-24-12-11-22(18-26(24)33(34,35)36)21-9-7-6-8-10-21/h11-14,17-18,21,28H,6-10,15-16,19-20H2,1-5H3/t28-/m1/s1. The molecule has 1 aliphatic heterocycles. The van der Waals surface area contributed by atoms with E-state index in [0.717, 1.165) is 48.1 Å². The Morgan fingerprint density at radius 3 is 2.36 bits per heavy atom. The van der Waals surface area contributed by atoms with E-state index in [1.54, 1.807) is 45.0 Å². The number of alkyl halides is 3. The first kappa shape index (κ1) is 33.1. The number of benzene rings is 2. The summed E-state index contributed by atoms with van der Waals surface area (Å²) in [4.78, 5) is 41.2. The summed E-state index contributed by atoms with van der Waals surface area (Å²) in [6.45, 7) is 5.12. The van der Waals surface area contributed by atoms with Gasteiger partial charge in [-0.3, -0.25) is 14.5 Å². The van der Waals surface area contributed by atoms with Crippen molar-refractivity contribution < 1.29 is 41.8 Å². The molecule has 2 aromatic rings. The maximum atomic E-state index is 14.0. The number of esters is 1. The second-order valence-corrected chi connectivity index (χ2v) is 12.5. The third kappa shape index (κ3) is 8.04. The summed E-state index contributed by atoms with van der Waals surface area (Å²) in [5.74, 6) is -0.617. The van der Waals surface area contributed by atoms with Crippen LogP contribution in [0.5, 0.6) is 5.75 Å². The van der Waals surface area contributed by atoms with Gasteiger partial charge in [-0.25, -0.2) is 4.79 Å². The van der Waals surface area contributed by atoms with Gasteiger partial charge in [0.05, 0.1) is 19.1 Å². The van der Waals surface area contributed by atoms with Crippen molar-refractivity contribution in [2.24, 2.45) is 0 Å². The topological polar surface area (TPSA) is 85.4 Å². The van der Waals surface area contributed by atoms with Gasteiger partial charge in [-0.15, -0.1) is 0 Å². The van der Waals surface area contributed by atoms with Crippen molar-refractivity contribution in [3.8, 4) is 5.75 Å². The lowest BCUT2D eigenvalue weighted by Gasteiger charge is -2.32. The first-order valence-corrected chi connectivity index (χ1v) is 15.0. The van der Waals surface area contributed by atoms with Crippen molar-refractivity contribution in [1.29, 1.82) is 0 Å². The molecule has 0 bridgehead atoms. The van der Waals surface area contributed by atoms with E-state index in [0.29, 0.717) is 17.9 Å². The van der Waals surface area contributed by atoms with Crippen LogP contribution in [-0.4, -0.2) is 55.2 Å². The Kier molecular flexibility index (Phi) is 10.2. The molecule has 0 radical (unpaired) electrons. The number of anilines is 1. The molecule has 2 amide bonds. The van der Waals surface area contributed by atoms with Gasteiger partial charge in [-0.05, 0) is 81.3 Å². The van der Waals surface area contributed by atoms with E-state index >= 15 is 0 Å². The summed E-state index contributed by atoms with van der Waals surface area (Å²) in [6, 6.07) is 8.38. The zero-order chi connectivity index (χ0) is 32.2. The predicted molar refractivity (Wildman–Crippen MR) is 159 cm³/mol. The van der Waals surface area contributed by atoms with Gasteiger partial charge in [0.1, 0.15) is 24.0 Å². The van der Waals surface area contributed by atoms with Crippen LogP contribution in [0.25, 0.3) is 0 Å². The predicted octanol–water partition coefficient (Wildman–Crippen LogP) is 7.02. The van der Waals surface area contributed by atoms with E-state index in [4.69, 9.17) is 14.2 Å². The fourth-order valence-corrected chi connectivity index (χ4v) is 5.80. The third-order valence-electron chi connectivity index (χ3n) is 8.14. The van der Waals surface area contributed by atoms with Crippen LogP contribution in [0.3, 0.4) is 0 Å². The highest BCUT2D eigenvalue weighted by molar-refractivity contribution is 6.02. The van der Waals surface area contributed by atoms with Crippen LogP contribution in [0.2, 0.25) is 0 Å². The van der Waals surface area contributed by atoms with Crippen LogP contribution >= 0.6 is 0 Å². The number of halogens is 3. The number of carbonyl (C=O) groups excluding carboxylic acids is 3. The summed E-state index contributed by atoms with van der Waals surface area (Å²) < 4.78 is 58.1. The number of rotatable bonds is 8. The molecule has 0 spiro atoms. The number of methoxy groups -OCH3 is 1. The molecular weight excluding hydrogens is 577 g/mol. The summed E-state index contributed by atoms with van der Waals surface area (Å²) in [7, 11) is 2.59. The molecule has 2 aliphatic rings. The van der Waals surface area contributed by atoms with Crippen molar-refractivity contribution in [2.75, 3.05) is 25.6 Å². The van der Waals surface area contributed by atoms with Gasteiger partial charge in [-0.2, -0.15) is 13.2 Å². The van der Waals surface area contributed by atoms with E-state index < -0.39 is 41.4 Å². The van der Waals surface area contributed by atoms with Crippen molar-refractivity contribution in [2.45, 2.75) is 96.1 Å². The molecule has 1 heterocycles. The molecule has 8 nitrogen and oxygen atoms in total. The maximum Gasteiger partial charge on any atom is 0.416 e. The van der Waals surface area contributed by atoms with Gasteiger partial charge in [0.15, 0.2) is 0 Å². The summed E-state index contributed by atoms with van der Waals surface area (Å²) in [5, 5.41) is 0. The minimum absolute atomic E-state index is 0.0604. The Morgan fingerprint density at radius 1 is 1.02 bits per heavy atom. The average Bonchev–Trinajstić information content (AvgIpc) is 3.40. The molecule has 1 aliphatic carbocycles. The van der Waals surface area contributed by atoms with Crippen LogP contribution in [-0.2, 0) is 38.3 Å². The zero-order valence-electron chi connectivity index (χ0n) is 26.0. The maximum absolute atomic E-state index is 14.0. The average molecular weight is 619 g/mol. The van der Waals surface area contributed by atoms with Gasteiger partial charge < -0.3 is 19.1 Å². The van der Waals surface area contributed by atoms with Crippen molar-refractivity contribution in [3.63, 3.8) is 0 Å². The lowest BCUT2D eigenvalue weighted by Crippen LogP contribution is -2.51. The fourth-order valence-electron chi connectivity index (χ4n) is 5.80. The zero-order valence-corrected chi connectivity index (χ0v) is 26.0. The second kappa shape index (κ2) is 13.5. The van der Waals surface area contributed by atoms with E-state index in [-0.39, 0.29) is 31.1 Å². The van der Waals surface area contributed by atoms with Gasteiger partial charge in [-0.1, -0.05) is 31.4 Å². The molecular formula is C33H41F3N2O6. The summed E-state index contributed by atoms with van der Waals surface area (Å²) in [5.41, 5.74) is 0.637. The van der Waals surface area contributed by atoms with Gasteiger partial charge in [0.2, 0.25) is 0 Å². The van der Waals surface area contributed by atoms with Crippen molar-refractivity contribution >= 4 is 23.7 Å². The van der Waals surface area contributed by atoms with Crippen molar-refractivity contribution in [1.82, 2.24) is 4.90 Å². The fraction of sp³-hybridized carbons (Fsp3) is 0.545. The number of likely N-dealkylation sites (N-methyl/N-ethyl adjacent to an activating group) is 1. The normalized spacial score (nSPS) is 16.2. The monoisotopic (exact) mass is 618 g/mol. The highest BCUT2D eigenvalue weighted by atomic mass is 19.4. The molecule has 1 atom stereocenters. The van der Waals surface area contributed by atoms with Gasteiger partial charge in [0.25, 0.3) is 5.91 Å². The quantitative estimate of drug-likeness (QED) is 0.296. The molecule has 11 heteroatoms. The SMILES string of the molecule is COC(=O)C[C@H](C(=O)N1CCc2cc(OCc3ccc(C4CCCCC4)cc3C(F)(F)F)ccc21)N(C)C(=O)OC(C)(C)C. The lowest BCUT2D eigenvalue weighted by molar-refractivity contribution is -0.144. The molecule has 0 N–H and O–H groups in total. The molecule has 0 saturated heterocycles. The van der Waals surface area contributed by atoms with Crippen LogP contribution in [0.1, 0.15) is 87.5 Å². The highest BCUT2D eigenvalue weighted by Crippen LogP contribution is 2.39. The minimum Gasteiger partial charge on any atom is -0.489 e. The number of carbonyl (C=O) groups is 3. The number of fused-ring (bicyclic) bond motifs is 1. The number of hydrogen-bond donors (Lipinski definition) is 0. The Bertz CT molecular complexity index is 1360. The molecule has 2 aromatic carbocycles. The summed E-state index contributed by atoms with van der Waals surface area (Å²) >= 11 is 0. The van der Waals surface area contributed by atoms with E-state index in [9.17, 15) is 27.6 Å². The number of nitrogens with zero attached hydrogens (tertiary/aromatic N) is 2. The van der Waals surface area contributed by atoms with Crippen molar-refractivity contribution in [3.05, 3.63) is 58.7 Å². The third-order valence-corrected chi connectivity index (χ3v) is 8.14. The van der Waals surface area contributed by atoms with Crippen LogP contribution in [0, 0.1) is 0 Å². The second-order valence-electron chi connectivity index (χ2n) is 12.5. The Labute approximate surface area is 256 Å². The molecule has 1 fully saturated rings. The van der Waals surface area contributed by atoms with Crippen LogP contribution in [0.4, 0.5) is 23.7 Å². The first-order chi connectivity index (χ1) is 20.7. The molecule has 4 rings (SSSR count). The van der Waals surface area contributed by atoms with E-state index in [1.165, 1.54) is 31.2 Å². The largest absolute Gasteiger partial charge is 0.489 e. The first-order valence-electron chi connectivity index (χ1n) is 15.0. The molecule has 1 saturated carbocycles. The lowest BCUT2D eigenvalue weighted by atomic mass is 9.83. The Morgan fingerprint density at radius 2 is 1.73 bits per heavy atom. The Balaban J connectivity index is 1.50. The molecule has 240 valence electrons.